The molecule has 0 atom stereocenters. The van der Waals surface area contributed by atoms with Gasteiger partial charge >= 0.3 is 5.91 Å². The maximum absolute atomic E-state index is 13.5. The van der Waals surface area contributed by atoms with Crippen molar-refractivity contribution in [1.82, 2.24) is 14.7 Å². The zero-order valence-corrected chi connectivity index (χ0v) is 18.2. The van der Waals surface area contributed by atoms with Crippen molar-refractivity contribution in [2.24, 2.45) is 0 Å². The Morgan fingerprint density at radius 1 is 1.03 bits per heavy atom. The van der Waals surface area contributed by atoms with Gasteiger partial charge in [-0.1, -0.05) is 30.7 Å². The number of hydrogen-bond acceptors (Lipinski definition) is 3. The van der Waals surface area contributed by atoms with Crippen molar-refractivity contribution in [3.63, 3.8) is 0 Å². The zero-order valence-electron chi connectivity index (χ0n) is 17.4. The predicted molar refractivity (Wildman–Crippen MR) is 118 cm³/mol. The number of amides is 2. The molecule has 1 aliphatic heterocycles. The van der Waals surface area contributed by atoms with Gasteiger partial charge in [-0.25, -0.2) is 4.68 Å². The number of halogens is 1. The number of H-pyrrole nitrogens is 1. The molecular weight excluding hydrogens is 416 g/mol. The smallest absolute Gasteiger partial charge is 0.294 e. The van der Waals surface area contributed by atoms with Crippen LogP contribution in [0.3, 0.4) is 0 Å². The number of nitrogens with zero attached hydrogens (tertiary/aromatic N) is 3. The average Bonchev–Trinajstić information content (AvgIpc) is 3.21. The topological polar surface area (TPSA) is 79.1 Å². The summed E-state index contributed by atoms with van der Waals surface area (Å²) in [5.74, 6) is -0.904. The molecule has 0 aliphatic carbocycles. The number of pyridine rings is 1. The van der Waals surface area contributed by atoms with Crippen LogP contribution in [0.15, 0.2) is 59.7 Å². The highest BCUT2D eigenvalue weighted by Gasteiger charge is 2.48. The van der Waals surface area contributed by atoms with Crippen molar-refractivity contribution >= 4 is 34.7 Å². The van der Waals surface area contributed by atoms with E-state index in [2.05, 4.69) is 5.10 Å². The van der Waals surface area contributed by atoms with E-state index < -0.39 is 17.4 Å². The molecule has 0 saturated heterocycles. The third-order valence-corrected chi connectivity index (χ3v) is 5.45. The Kier molecular flexibility index (Phi) is 5.37. The van der Waals surface area contributed by atoms with E-state index in [1.165, 1.54) is 9.58 Å². The second-order valence-corrected chi connectivity index (χ2v) is 7.96. The summed E-state index contributed by atoms with van der Waals surface area (Å²) >= 11 is 6.11. The summed E-state index contributed by atoms with van der Waals surface area (Å²) in [4.78, 5) is 41.4. The van der Waals surface area contributed by atoms with Crippen LogP contribution in [-0.4, -0.2) is 32.5 Å². The fourth-order valence-electron chi connectivity index (χ4n) is 3.81. The lowest BCUT2D eigenvalue weighted by Gasteiger charge is -2.17. The van der Waals surface area contributed by atoms with E-state index in [0.717, 1.165) is 0 Å². The molecule has 31 heavy (non-hydrogen) atoms. The lowest BCUT2D eigenvalue weighted by Crippen LogP contribution is -2.42. The van der Waals surface area contributed by atoms with Gasteiger partial charge < -0.3 is 0 Å². The average molecular weight is 438 g/mol. The summed E-state index contributed by atoms with van der Waals surface area (Å²) in [6.45, 7) is 5.43. The molecule has 0 saturated carbocycles. The van der Waals surface area contributed by atoms with Crippen molar-refractivity contribution in [1.29, 1.82) is 0 Å². The zero-order chi connectivity index (χ0) is 22.3. The lowest BCUT2D eigenvalue weighted by molar-refractivity contribution is -0.576. The van der Waals surface area contributed by atoms with Gasteiger partial charge in [0.2, 0.25) is 0 Å². The summed E-state index contributed by atoms with van der Waals surface area (Å²) in [7, 11) is 0. The first kappa shape index (κ1) is 20.8. The molecule has 4 rings (SSSR count). The molecule has 8 heteroatoms. The molecule has 0 unspecified atom stereocenters. The van der Waals surface area contributed by atoms with Crippen LogP contribution in [0.25, 0.3) is 17.0 Å². The number of nitrogens with one attached hydrogen (secondary N) is 1. The van der Waals surface area contributed by atoms with Gasteiger partial charge in [0, 0.05) is 28.9 Å². The monoisotopic (exact) mass is 437 g/mol. The van der Waals surface area contributed by atoms with E-state index in [-0.39, 0.29) is 22.9 Å². The number of aromatic nitrogens is 3. The number of rotatable bonds is 5. The van der Waals surface area contributed by atoms with Crippen molar-refractivity contribution in [3.8, 4) is 5.69 Å². The maximum atomic E-state index is 13.5. The van der Waals surface area contributed by atoms with Crippen LogP contribution in [0.2, 0.25) is 5.02 Å². The Balaban J connectivity index is 2.02. The van der Waals surface area contributed by atoms with Crippen LogP contribution in [-0.2, 0) is 16.0 Å². The van der Waals surface area contributed by atoms with Crippen molar-refractivity contribution < 1.29 is 14.2 Å². The van der Waals surface area contributed by atoms with Gasteiger partial charge in [-0.2, -0.15) is 4.57 Å². The van der Waals surface area contributed by atoms with Crippen LogP contribution in [0, 0.1) is 0 Å². The Morgan fingerprint density at radius 3 is 2.35 bits per heavy atom. The van der Waals surface area contributed by atoms with Gasteiger partial charge in [0.1, 0.15) is 5.57 Å². The van der Waals surface area contributed by atoms with Gasteiger partial charge in [-0.15, -0.1) is 0 Å². The predicted octanol–water partition coefficient (Wildman–Crippen LogP) is 2.81. The summed E-state index contributed by atoms with van der Waals surface area (Å²) in [5, 5.41) is 3.57. The van der Waals surface area contributed by atoms with Crippen LogP contribution < -0.4 is 10.1 Å². The summed E-state index contributed by atoms with van der Waals surface area (Å²) < 4.78 is 2.95. The van der Waals surface area contributed by atoms with E-state index >= 15 is 0 Å². The Bertz CT molecular complexity index is 1270. The van der Waals surface area contributed by atoms with Gasteiger partial charge in [-0.05, 0) is 38.5 Å². The number of aromatic amines is 1. The van der Waals surface area contributed by atoms with E-state index in [1.54, 1.807) is 67.2 Å². The van der Waals surface area contributed by atoms with E-state index in [4.69, 9.17) is 11.6 Å². The maximum Gasteiger partial charge on any atom is 0.327 e. The number of benzene rings is 1. The second kappa shape index (κ2) is 8.00. The number of carbonyl (C=O) groups excluding carboxylic acids is 2. The molecule has 1 aliphatic rings. The van der Waals surface area contributed by atoms with E-state index in [1.807, 2.05) is 13.0 Å². The van der Waals surface area contributed by atoms with E-state index in [9.17, 15) is 14.4 Å². The molecule has 0 bridgehead atoms. The first-order valence-corrected chi connectivity index (χ1v) is 10.4. The molecule has 0 radical (unpaired) electrons. The fraction of sp³-hybridized carbons (Fsp3) is 0.217. The number of hydrogen-bond donors (Lipinski definition) is 1. The normalized spacial score (nSPS) is 14.3. The van der Waals surface area contributed by atoms with Crippen molar-refractivity contribution in [2.75, 3.05) is 0 Å². The molecule has 3 heterocycles. The summed E-state index contributed by atoms with van der Waals surface area (Å²) in [6.07, 6.45) is 3.85. The summed E-state index contributed by atoms with van der Waals surface area (Å²) in [6, 6.07) is 11.9. The number of carbonyl (C=O) groups is 2. The third kappa shape index (κ3) is 3.41. The SMILES string of the molecule is CCc1[nH]n(-c2cccc(Cl)c2)c(=O)c1C1=C([n+]2ccccc2)C(=O)N(C(C)C)C1=O. The van der Waals surface area contributed by atoms with Gasteiger partial charge in [0.05, 0.1) is 11.3 Å². The molecule has 7 nitrogen and oxygen atoms in total. The first-order valence-electron chi connectivity index (χ1n) is 10.0. The first-order chi connectivity index (χ1) is 14.8. The fourth-order valence-corrected chi connectivity index (χ4v) is 3.99. The Morgan fingerprint density at radius 2 is 1.74 bits per heavy atom. The summed E-state index contributed by atoms with van der Waals surface area (Å²) in [5.41, 5.74) is 1.19. The van der Waals surface area contributed by atoms with Gasteiger partial charge in [-0.3, -0.25) is 24.4 Å². The van der Waals surface area contributed by atoms with Crippen molar-refractivity contribution in [3.05, 3.63) is 81.5 Å². The largest absolute Gasteiger partial charge is 0.327 e. The molecule has 0 fully saturated rings. The minimum atomic E-state index is -0.476. The minimum absolute atomic E-state index is 0.105. The highest BCUT2D eigenvalue weighted by Crippen LogP contribution is 2.31. The highest BCUT2D eigenvalue weighted by molar-refractivity contribution is 6.44. The third-order valence-electron chi connectivity index (χ3n) is 5.22. The Hall–Kier alpha value is -3.45. The second-order valence-electron chi connectivity index (χ2n) is 7.52. The van der Waals surface area contributed by atoms with Crippen LogP contribution >= 0.6 is 11.6 Å². The lowest BCUT2D eigenvalue weighted by atomic mass is 10.0. The number of aryl methyl sites for hydroxylation is 1. The van der Waals surface area contributed by atoms with E-state index in [0.29, 0.717) is 22.8 Å². The van der Waals surface area contributed by atoms with Crippen LogP contribution in [0.4, 0.5) is 0 Å². The molecule has 158 valence electrons. The van der Waals surface area contributed by atoms with Crippen LogP contribution in [0.1, 0.15) is 32.0 Å². The molecule has 0 spiro atoms. The highest BCUT2D eigenvalue weighted by atomic mass is 35.5. The Labute approximate surface area is 184 Å². The molecular formula is C23H22ClN4O3+. The van der Waals surface area contributed by atoms with Crippen molar-refractivity contribution in [2.45, 2.75) is 33.2 Å². The minimum Gasteiger partial charge on any atom is -0.294 e. The molecule has 2 amide bonds. The van der Waals surface area contributed by atoms with Gasteiger partial charge in [0.25, 0.3) is 17.2 Å². The standard InChI is InChI=1S/C23H21ClN4O3/c1-4-17-18(22(30)28(25-17)16-10-8-9-15(24)13-16)19-20(26-11-6-5-7-12-26)23(31)27(14(2)3)21(19)29/h5-14H,4H2,1-3H3/p+1. The van der Waals surface area contributed by atoms with Crippen LogP contribution in [0.5, 0.6) is 0 Å². The molecule has 1 aromatic carbocycles. The molecule has 1 N–H and O–H groups in total. The molecule has 3 aromatic rings. The molecule has 2 aromatic heterocycles. The number of imide groups is 1. The quantitative estimate of drug-likeness (QED) is 0.492. The van der Waals surface area contributed by atoms with Gasteiger partial charge in [0.15, 0.2) is 12.4 Å².